The highest BCUT2D eigenvalue weighted by Gasteiger charge is 2.22. The van der Waals surface area contributed by atoms with Gasteiger partial charge in [-0.05, 0) is 46.6 Å². The van der Waals surface area contributed by atoms with Crippen molar-refractivity contribution in [3.63, 3.8) is 0 Å². The van der Waals surface area contributed by atoms with Crippen LogP contribution in [0.1, 0.15) is 42.7 Å². The number of hydrogen-bond donors (Lipinski definition) is 0. The SMILES string of the molecule is Bc1sc2cc(C#N)ccc2c1C1CCCC1. The van der Waals surface area contributed by atoms with E-state index in [1.807, 2.05) is 23.5 Å². The summed E-state index contributed by atoms with van der Waals surface area (Å²) in [6.45, 7) is 0. The lowest BCUT2D eigenvalue weighted by Crippen LogP contribution is -2.06. The Morgan fingerprint density at radius 3 is 2.76 bits per heavy atom. The highest BCUT2D eigenvalue weighted by atomic mass is 32.1. The van der Waals surface area contributed by atoms with Gasteiger partial charge in [0.05, 0.1) is 11.6 Å². The van der Waals surface area contributed by atoms with Gasteiger partial charge in [0.25, 0.3) is 0 Å². The summed E-state index contributed by atoms with van der Waals surface area (Å²) in [5.74, 6) is 0.761. The van der Waals surface area contributed by atoms with E-state index in [0.717, 1.165) is 11.5 Å². The van der Waals surface area contributed by atoms with E-state index in [-0.39, 0.29) is 0 Å². The van der Waals surface area contributed by atoms with Crippen molar-refractivity contribution in [2.45, 2.75) is 31.6 Å². The number of fused-ring (bicyclic) bond motifs is 1. The van der Waals surface area contributed by atoms with E-state index < -0.39 is 0 Å². The van der Waals surface area contributed by atoms with E-state index in [4.69, 9.17) is 5.26 Å². The Hall–Kier alpha value is -1.27. The lowest BCUT2D eigenvalue weighted by molar-refractivity contribution is 0.735. The first-order chi connectivity index (χ1) is 8.29. The van der Waals surface area contributed by atoms with Crippen molar-refractivity contribution in [2.24, 2.45) is 0 Å². The third-order valence-corrected chi connectivity index (χ3v) is 4.89. The second kappa shape index (κ2) is 4.20. The molecule has 1 saturated carbocycles. The van der Waals surface area contributed by atoms with Gasteiger partial charge in [0.15, 0.2) is 7.85 Å². The molecule has 2 aromatic rings. The van der Waals surface area contributed by atoms with Crippen molar-refractivity contribution < 1.29 is 0 Å². The normalized spacial score (nSPS) is 16.4. The van der Waals surface area contributed by atoms with E-state index in [2.05, 4.69) is 20.0 Å². The number of thiophene rings is 1. The molecule has 0 N–H and O–H groups in total. The van der Waals surface area contributed by atoms with Gasteiger partial charge in [-0.25, -0.2) is 0 Å². The summed E-state index contributed by atoms with van der Waals surface area (Å²) >= 11 is 1.84. The van der Waals surface area contributed by atoms with E-state index in [1.165, 1.54) is 40.5 Å². The fraction of sp³-hybridized carbons (Fsp3) is 0.357. The van der Waals surface area contributed by atoms with Gasteiger partial charge in [0, 0.05) is 4.70 Å². The molecule has 0 amide bonds. The van der Waals surface area contributed by atoms with Crippen molar-refractivity contribution >= 4 is 34.0 Å². The molecule has 1 heterocycles. The van der Waals surface area contributed by atoms with Gasteiger partial charge in [-0.15, -0.1) is 0 Å². The first kappa shape index (κ1) is 10.9. The molecule has 3 heteroatoms. The van der Waals surface area contributed by atoms with Gasteiger partial charge in [-0.2, -0.15) is 16.6 Å². The minimum atomic E-state index is 0.761. The average Bonchev–Trinajstić information content (AvgIpc) is 2.93. The maximum atomic E-state index is 8.94. The lowest BCUT2D eigenvalue weighted by atomic mass is 9.88. The zero-order chi connectivity index (χ0) is 11.8. The van der Waals surface area contributed by atoms with Crippen LogP contribution >= 0.6 is 11.3 Å². The Bertz CT molecular complexity index is 602. The molecular formula is C14H14BNS. The maximum Gasteiger partial charge on any atom is 0.153 e. The van der Waals surface area contributed by atoms with Crippen LogP contribution < -0.4 is 4.78 Å². The van der Waals surface area contributed by atoms with E-state index in [0.29, 0.717) is 0 Å². The second-order valence-electron chi connectivity index (χ2n) is 4.88. The summed E-state index contributed by atoms with van der Waals surface area (Å²) in [7, 11) is 2.23. The van der Waals surface area contributed by atoms with Crippen LogP contribution in [0.3, 0.4) is 0 Å². The van der Waals surface area contributed by atoms with Crippen molar-refractivity contribution in [2.75, 3.05) is 0 Å². The molecule has 0 bridgehead atoms. The topological polar surface area (TPSA) is 23.8 Å². The number of hydrogen-bond acceptors (Lipinski definition) is 2. The van der Waals surface area contributed by atoms with Crippen LogP contribution in [0.15, 0.2) is 18.2 Å². The molecule has 1 fully saturated rings. The Morgan fingerprint density at radius 1 is 1.29 bits per heavy atom. The third kappa shape index (κ3) is 1.77. The Kier molecular flexibility index (Phi) is 2.68. The van der Waals surface area contributed by atoms with Gasteiger partial charge in [-0.1, -0.05) is 18.9 Å². The first-order valence-electron chi connectivity index (χ1n) is 6.23. The molecule has 1 aromatic heterocycles. The lowest BCUT2D eigenvalue weighted by Gasteiger charge is -2.09. The summed E-state index contributed by atoms with van der Waals surface area (Å²) in [6.07, 6.45) is 5.43. The van der Waals surface area contributed by atoms with Crippen molar-refractivity contribution in [1.29, 1.82) is 5.26 Å². The monoisotopic (exact) mass is 239 g/mol. The zero-order valence-electron chi connectivity index (χ0n) is 9.99. The minimum Gasteiger partial charge on any atom is -0.192 e. The van der Waals surface area contributed by atoms with Crippen LogP contribution in [-0.4, -0.2) is 7.85 Å². The van der Waals surface area contributed by atoms with Crippen LogP contribution in [0.4, 0.5) is 0 Å². The summed E-state index contributed by atoms with van der Waals surface area (Å²) in [4.78, 5) is 0. The highest BCUT2D eigenvalue weighted by Crippen LogP contribution is 2.38. The molecule has 0 radical (unpaired) electrons. The van der Waals surface area contributed by atoms with Gasteiger partial charge in [0.2, 0.25) is 0 Å². The molecule has 0 aliphatic heterocycles. The van der Waals surface area contributed by atoms with E-state index >= 15 is 0 Å². The third-order valence-electron chi connectivity index (χ3n) is 3.81. The summed E-state index contributed by atoms with van der Waals surface area (Å²) in [5.41, 5.74) is 2.34. The molecule has 0 spiro atoms. The second-order valence-corrected chi connectivity index (χ2v) is 6.13. The molecule has 0 saturated heterocycles. The van der Waals surface area contributed by atoms with Gasteiger partial charge < -0.3 is 0 Å². The zero-order valence-corrected chi connectivity index (χ0v) is 10.8. The molecule has 3 rings (SSSR count). The first-order valence-corrected chi connectivity index (χ1v) is 7.04. The Balaban J connectivity index is 2.18. The predicted octanol–water partition coefficient (Wildman–Crippen LogP) is 2.69. The molecule has 1 nitrogen and oxygen atoms in total. The predicted molar refractivity (Wildman–Crippen MR) is 75.9 cm³/mol. The van der Waals surface area contributed by atoms with Crippen LogP contribution in [0.2, 0.25) is 0 Å². The highest BCUT2D eigenvalue weighted by molar-refractivity contribution is 7.26. The molecule has 84 valence electrons. The van der Waals surface area contributed by atoms with E-state index in [9.17, 15) is 0 Å². The van der Waals surface area contributed by atoms with Crippen LogP contribution in [0, 0.1) is 11.3 Å². The molecule has 1 aromatic carbocycles. The fourth-order valence-corrected chi connectivity index (χ4v) is 4.22. The minimum absolute atomic E-state index is 0.761. The van der Waals surface area contributed by atoms with Gasteiger partial charge in [0.1, 0.15) is 0 Å². The average molecular weight is 239 g/mol. The smallest absolute Gasteiger partial charge is 0.153 e. The van der Waals surface area contributed by atoms with Crippen molar-refractivity contribution in [3.05, 3.63) is 29.3 Å². The largest absolute Gasteiger partial charge is 0.192 e. The van der Waals surface area contributed by atoms with Crippen LogP contribution in [0.5, 0.6) is 0 Å². The molecule has 1 aliphatic rings. The molecule has 0 atom stereocenters. The van der Waals surface area contributed by atoms with Crippen LogP contribution in [-0.2, 0) is 0 Å². The molecule has 0 unspecified atom stereocenters. The van der Waals surface area contributed by atoms with Gasteiger partial charge in [-0.3, -0.25) is 0 Å². The maximum absolute atomic E-state index is 8.94. The number of nitrogens with zero attached hydrogens (tertiary/aromatic N) is 1. The van der Waals surface area contributed by atoms with E-state index in [1.54, 1.807) is 5.56 Å². The quantitative estimate of drug-likeness (QED) is 0.702. The Morgan fingerprint density at radius 2 is 2.06 bits per heavy atom. The number of nitriles is 1. The standard InChI is InChI=1S/C14H14BNS/c15-14-13(10-3-1-2-4-10)11-6-5-9(8-16)7-12(11)17-14/h5-7,10H,1-4,15H2. The fourth-order valence-electron chi connectivity index (χ4n) is 3.03. The number of rotatable bonds is 1. The summed E-state index contributed by atoms with van der Waals surface area (Å²) < 4.78 is 2.73. The summed E-state index contributed by atoms with van der Waals surface area (Å²) in [5, 5.41) is 10.3. The Labute approximate surface area is 106 Å². The number of benzene rings is 1. The van der Waals surface area contributed by atoms with Gasteiger partial charge >= 0.3 is 0 Å². The molecule has 17 heavy (non-hydrogen) atoms. The molecular weight excluding hydrogens is 225 g/mol. The van der Waals surface area contributed by atoms with Crippen molar-refractivity contribution in [1.82, 2.24) is 0 Å². The summed E-state index contributed by atoms with van der Waals surface area (Å²) in [6, 6.07) is 8.35. The van der Waals surface area contributed by atoms with Crippen molar-refractivity contribution in [3.8, 4) is 6.07 Å². The molecule has 1 aliphatic carbocycles. The van der Waals surface area contributed by atoms with Crippen LogP contribution in [0.25, 0.3) is 10.1 Å².